The fourth-order valence-electron chi connectivity index (χ4n) is 9.77. The first-order chi connectivity index (χ1) is 26.0. The molecular formula is C41H64BN5O8. The Labute approximate surface area is 328 Å². The predicted octanol–water partition coefficient (Wildman–Crippen LogP) is 5.14. The van der Waals surface area contributed by atoms with Gasteiger partial charge in [-0.2, -0.15) is 0 Å². The molecule has 3 aliphatic heterocycles. The predicted molar refractivity (Wildman–Crippen MR) is 209 cm³/mol. The fourth-order valence-corrected chi connectivity index (χ4v) is 9.77. The lowest BCUT2D eigenvalue weighted by Crippen LogP contribution is -2.65. The number of benzene rings is 1. The van der Waals surface area contributed by atoms with Crippen LogP contribution in [-0.4, -0.2) is 114 Å². The number of amides is 4. The topological polar surface area (TPSA) is 139 Å². The highest BCUT2D eigenvalue weighted by Crippen LogP contribution is 2.65. The molecule has 2 saturated heterocycles. The van der Waals surface area contributed by atoms with Crippen molar-refractivity contribution in [1.29, 1.82) is 0 Å². The molecule has 55 heavy (non-hydrogen) atoms. The van der Waals surface area contributed by atoms with Gasteiger partial charge in [0.25, 0.3) is 0 Å². The van der Waals surface area contributed by atoms with Crippen molar-refractivity contribution in [3.05, 3.63) is 35.4 Å². The zero-order chi connectivity index (χ0) is 39.9. The van der Waals surface area contributed by atoms with Gasteiger partial charge in [-0.25, -0.2) is 9.59 Å². The minimum atomic E-state index is -1.02. The summed E-state index contributed by atoms with van der Waals surface area (Å²) < 4.78 is 24.9. The third-order valence-corrected chi connectivity index (χ3v) is 13.3. The molecule has 1 aromatic carbocycles. The number of carbonyl (C=O) groups is 4. The number of likely N-dealkylation sites (N-methyl/N-ethyl adjacent to an activating group) is 1. The summed E-state index contributed by atoms with van der Waals surface area (Å²) >= 11 is 0. The second-order valence-corrected chi connectivity index (χ2v) is 18.2. The van der Waals surface area contributed by atoms with Crippen LogP contribution < -0.4 is 10.6 Å². The fraction of sp³-hybridized carbons (Fsp3) is 0.756. The van der Waals surface area contributed by atoms with Crippen molar-refractivity contribution in [2.75, 3.05) is 32.8 Å². The zero-order valence-electron chi connectivity index (χ0n) is 34.5. The van der Waals surface area contributed by atoms with Crippen LogP contribution in [0, 0.1) is 22.7 Å². The number of carbonyl (C=O) groups excluding carboxylic acids is 4. The highest BCUT2D eigenvalue weighted by Gasteiger charge is 2.68. The van der Waals surface area contributed by atoms with E-state index in [9.17, 15) is 19.2 Å². The molecule has 0 spiro atoms. The van der Waals surface area contributed by atoms with Crippen LogP contribution in [-0.2, 0) is 41.5 Å². The minimum absolute atomic E-state index is 0.00187. The number of hydrogen-bond acceptors (Lipinski definition) is 9. The van der Waals surface area contributed by atoms with Gasteiger partial charge in [0.2, 0.25) is 11.8 Å². The molecule has 3 aliphatic carbocycles. The van der Waals surface area contributed by atoms with Crippen molar-refractivity contribution in [3.8, 4) is 0 Å². The van der Waals surface area contributed by atoms with Crippen LogP contribution in [0.3, 0.4) is 0 Å². The summed E-state index contributed by atoms with van der Waals surface area (Å²) in [5.41, 5.74) is 1.14. The van der Waals surface area contributed by atoms with Gasteiger partial charge in [0, 0.05) is 26.1 Å². The van der Waals surface area contributed by atoms with Gasteiger partial charge in [0.05, 0.1) is 24.2 Å². The van der Waals surface area contributed by atoms with Gasteiger partial charge in [-0.1, -0.05) is 86.1 Å². The number of rotatable bonds is 13. The molecule has 6 aliphatic rings. The molecule has 4 amide bonds. The van der Waals surface area contributed by atoms with Crippen molar-refractivity contribution < 1.29 is 38.0 Å². The van der Waals surface area contributed by atoms with Gasteiger partial charge in [0.15, 0.2) is 0 Å². The molecule has 2 N–H and O–H groups in total. The van der Waals surface area contributed by atoms with E-state index in [1.807, 2.05) is 58.9 Å². The third-order valence-electron chi connectivity index (χ3n) is 13.3. The Morgan fingerprint density at radius 1 is 1.00 bits per heavy atom. The standard InChI is InChI=1S/C41H64BN5O8/c1-10-15-33(42-54-32-21-28-20-31(40(28,7)8)41(32,9)55-42)43-35(48)30-22-29(53-38(51)46-23-26-16-13-14-17-27(26)24-46)25-47(30)36(49)34(39(4,5)6)44-37(50)52-19-18-45(11-2)12-3/h13-14,16-17,28-34H,10-12,15,18-25H2,1-9H3,(H,43,48)(H,44,50)/t28-,29-,30+,31-,32-,33+,34-,41+/m1/s1. The van der Waals surface area contributed by atoms with E-state index in [0.29, 0.717) is 37.9 Å². The van der Waals surface area contributed by atoms with E-state index < -0.39 is 60.4 Å². The first kappa shape index (κ1) is 41.3. The largest absolute Gasteiger partial charge is 0.481 e. The third kappa shape index (κ3) is 8.37. The van der Waals surface area contributed by atoms with Gasteiger partial charge < -0.3 is 39.2 Å². The number of alkyl carbamates (subject to hydrolysis) is 1. The van der Waals surface area contributed by atoms with Crippen LogP contribution in [0.25, 0.3) is 0 Å². The monoisotopic (exact) mass is 765 g/mol. The van der Waals surface area contributed by atoms with Crippen LogP contribution >= 0.6 is 0 Å². The van der Waals surface area contributed by atoms with Crippen molar-refractivity contribution >= 4 is 31.1 Å². The average Bonchev–Trinajstić information content (AvgIpc) is 3.86. The van der Waals surface area contributed by atoms with Gasteiger partial charge in [0.1, 0.15) is 24.8 Å². The maximum atomic E-state index is 14.6. The van der Waals surface area contributed by atoms with Crippen molar-refractivity contribution in [2.45, 2.75) is 143 Å². The van der Waals surface area contributed by atoms with Crippen molar-refractivity contribution in [1.82, 2.24) is 25.3 Å². The Hall–Kier alpha value is -3.36. The van der Waals surface area contributed by atoms with Gasteiger partial charge >= 0.3 is 19.3 Å². The normalized spacial score (nSPS) is 28.9. The number of hydrogen-bond donors (Lipinski definition) is 2. The van der Waals surface area contributed by atoms with E-state index in [1.165, 1.54) is 4.90 Å². The maximum Gasteiger partial charge on any atom is 0.481 e. The minimum Gasteiger partial charge on any atom is -0.448 e. The molecule has 0 radical (unpaired) electrons. The van der Waals surface area contributed by atoms with E-state index >= 15 is 0 Å². The average molecular weight is 766 g/mol. The SMILES string of the molecule is CCC[C@H](NC(=O)[C@@H]1C[C@@H](OC(=O)N2Cc3ccccc3C2)CN1C(=O)[C@@H](NC(=O)OCCN(CC)CC)C(C)(C)C)B1O[C@@H]2C[C@H]3C[C@H](C3(C)C)[C@]2(C)O1. The molecule has 7 rings (SSSR count). The first-order valence-electron chi connectivity index (χ1n) is 20.6. The first-order valence-corrected chi connectivity index (χ1v) is 20.6. The second kappa shape index (κ2) is 16.2. The molecule has 1 aromatic rings. The van der Waals surface area contributed by atoms with Gasteiger partial charge in [-0.3, -0.25) is 14.5 Å². The maximum absolute atomic E-state index is 14.6. The van der Waals surface area contributed by atoms with Crippen LogP contribution in [0.1, 0.15) is 106 Å². The number of likely N-dealkylation sites (tertiary alicyclic amines) is 1. The van der Waals surface area contributed by atoms with Crippen molar-refractivity contribution in [3.63, 3.8) is 0 Å². The molecule has 5 fully saturated rings. The summed E-state index contributed by atoms with van der Waals surface area (Å²) in [6.45, 7) is 21.8. The van der Waals surface area contributed by atoms with Crippen molar-refractivity contribution in [2.24, 2.45) is 22.7 Å². The van der Waals surface area contributed by atoms with E-state index in [1.54, 1.807) is 4.90 Å². The summed E-state index contributed by atoms with van der Waals surface area (Å²) in [4.78, 5) is 60.9. The van der Waals surface area contributed by atoms with Crippen LogP contribution in [0.4, 0.5) is 9.59 Å². The van der Waals surface area contributed by atoms with Gasteiger partial charge in [-0.15, -0.1) is 0 Å². The van der Waals surface area contributed by atoms with Gasteiger partial charge in [-0.05, 0) is 73.1 Å². The molecule has 2 bridgehead atoms. The second-order valence-electron chi connectivity index (χ2n) is 18.2. The molecule has 0 unspecified atom stereocenters. The quantitative estimate of drug-likeness (QED) is 0.262. The summed E-state index contributed by atoms with van der Waals surface area (Å²) in [7, 11) is -0.625. The Morgan fingerprint density at radius 3 is 2.27 bits per heavy atom. The Kier molecular flexibility index (Phi) is 12.2. The molecule has 3 saturated carbocycles. The Bertz CT molecular complexity index is 1560. The number of fused-ring (bicyclic) bond motifs is 1. The van der Waals surface area contributed by atoms with E-state index in [0.717, 1.165) is 43.5 Å². The van der Waals surface area contributed by atoms with Crippen LogP contribution in [0.5, 0.6) is 0 Å². The van der Waals surface area contributed by atoms with E-state index in [4.69, 9.17) is 18.8 Å². The molecule has 0 aromatic heterocycles. The number of nitrogens with zero attached hydrogens (tertiary/aromatic N) is 3. The molecule has 8 atom stereocenters. The summed E-state index contributed by atoms with van der Waals surface area (Å²) in [6.07, 6.45) is 1.59. The molecule has 14 heteroatoms. The lowest BCUT2D eigenvalue weighted by molar-refractivity contribution is -0.199. The summed E-state index contributed by atoms with van der Waals surface area (Å²) in [5, 5.41) is 6.03. The van der Waals surface area contributed by atoms with E-state index in [2.05, 4.69) is 43.2 Å². The zero-order valence-corrected chi connectivity index (χ0v) is 34.5. The summed E-state index contributed by atoms with van der Waals surface area (Å²) in [6, 6.07) is 5.91. The van der Waals surface area contributed by atoms with Crippen LogP contribution in [0.15, 0.2) is 24.3 Å². The molecule has 13 nitrogen and oxygen atoms in total. The smallest absolute Gasteiger partial charge is 0.448 e. The summed E-state index contributed by atoms with van der Waals surface area (Å²) in [5.74, 6) is -0.293. The molecule has 3 heterocycles. The lowest BCUT2D eigenvalue weighted by Gasteiger charge is -2.64. The number of ether oxygens (including phenoxy) is 2. The Balaban J connectivity index is 1.18. The molecule has 304 valence electrons. The lowest BCUT2D eigenvalue weighted by atomic mass is 9.43. The number of nitrogens with one attached hydrogen (secondary N) is 2. The highest BCUT2D eigenvalue weighted by atomic mass is 16.7. The molecular weight excluding hydrogens is 701 g/mol. The Morgan fingerprint density at radius 2 is 1.67 bits per heavy atom. The highest BCUT2D eigenvalue weighted by molar-refractivity contribution is 6.48. The van der Waals surface area contributed by atoms with Crippen LogP contribution in [0.2, 0.25) is 0 Å². The van der Waals surface area contributed by atoms with E-state index in [-0.39, 0.29) is 37.0 Å².